The predicted molar refractivity (Wildman–Crippen MR) is 73.0 cm³/mol. The SMILES string of the molecule is Cc1nn(C(F)F)c(C)c1CC(=O)N(C)CC(O)C1CC1. The summed E-state index contributed by atoms with van der Waals surface area (Å²) in [6, 6.07) is 0. The maximum absolute atomic E-state index is 12.8. The number of rotatable bonds is 6. The van der Waals surface area contributed by atoms with Gasteiger partial charge in [0, 0.05) is 24.8 Å². The minimum absolute atomic E-state index is 0.0261. The Morgan fingerprint density at radius 2 is 2.10 bits per heavy atom. The fourth-order valence-electron chi connectivity index (χ4n) is 2.44. The van der Waals surface area contributed by atoms with E-state index in [1.165, 1.54) is 11.8 Å². The molecule has 7 heteroatoms. The van der Waals surface area contributed by atoms with Gasteiger partial charge in [-0.2, -0.15) is 13.9 Å². The lowest BCUT2D eigenvalue weighted by atomic mass is 10.1. The lowest BCUT2D eigenvalue weighted by Gasteiger charge is -2.20. The van der Waals surface area contributed by atoms with E-state index in [2.05, 4.69) is 5.10 Å². The van der Waals surface area contributed by atoms with E-state index in [0.717, 1.165) is 12.8 Å². The summed E-state index contributed by atoms with van der Waals surface area (Å²) < 4.78 is 26.2. The zero-order chi connectivity index (χ0) is 15.7. The normalized spacial score (nSPS) is 16.3. The highest BCUT2D eigenvalue weighted by atomic mass is 19.3. The molecule has 0 spiro atoms. The van der Waals surface area contributed by atoms with Gasteiger partial charge in [-0.15, -0.1) is 0 Å². The molecule has 5 nitrogen and oxygen atoms in total. The van der Waals surface area contributed by atoms with Gasteiger partial charge in [0.05, 0.1) is 18.2 Å². The highest BCUT2D eigenvalue weighted by Crippen LogP contribution is 2.32. The van der Waals surface area contributed by atoms with Gasteiger partial charge in [-0.1, -0.05) is 0 Å². The Morgan fingerprint density at radius 3 is 2.57 bits per heavy atom. The molecule has 1 unspecified atom stereocenters. The van der Waals surface area contributed by atoms with Crippen LogP contribution in [-0.4, -0.2) is 45.4 Å². The molecule has 1 aliphatic carbocycles. The average molecular weight is 301 g/mol. The monoisotopic (exact) mass is 301 g/mol. The molecule has 0 bridgehead atoms. The maximum Gasteiger partial charge on any atom is 0.333 e. The molecule has 0 aromatic carbocycles. The number of likely N-dealkylation sites (N-methyl/N-ethyl adjacent to an activating group) is 1. The Morgan fingerprint density at radius 1 is 1.48 bits per heavy atom. The third kappa shape index (κ3) is 3.58. The molecule has 1 aromatic rings. The van der Waals surface area contributed by atoms with Gasteiger partial charge in [-0.25, -0.2) is 4.68 Å². The van der Waals surface area contributed by atoms with Crippen molar-refractivity contribution < 1.29 is 18.7 Å². The molecule has 1 saturated carbocycles. The van der Waals surface area contributed by atoms with Gasteiger partial charge >= 0.3 is 6.55 Å². The van der Waals surface area contributed by atoms with Crippen molar-refractivity contribution in [3.05, 3.63) is 17.0 Å². The number of hydrogen-bond donors (Lipinski definition) is 1. The topological polar surface area (TPSA) is 58.4 Å². The Labute approximate surface area is 122 Å². The number of hydrogen-bond acceptors (Lipinski definition) is 3. The molecule has 1 heterocycles. The van der Waals surface area contributed by atoms with Crippen LogP contribution < -0.4 is 0 Å². The summed E-state index contributed by atoms with van der Waals surface area (Å²) in [7, 11) is 1.62. The second-order valence-corrected chi connectivity index (χ2v) is 5.73. The van der Waals surface area contributed by atoms with Crippen molar-refractivity contribution in [3.63, 3.8) is 0 Å². The average Bonchev–Trinajstić information content (AvgIpc) is 3.21. The van der Waals surface area contributed by atoms with Crippen LogP contribution in [0.2, 0.25) is 0 Å². The van der Waals surface area contributed by atoms with Crippen LogP contribution in [0.3, 0.4) is 0 Å². The van der Waals surface area contributed by atoms with E-state index in [4.69, 9.17) is 0 Å². The quantitative estimate of drug-likeness (QED) is 0.869. The van der Waals surface area contributed by atoms with Crippen molar-refractivity contribution >= 4 is 5.91 Å². The van der Waals surface area contributed by atoms with Crippen molar-refractivity contribution in [2.45, 2.75) is 45.8 Å². The highest BCUT2D eigenvalue weighted by molar-refractivity contribution is 5.79. The molecule has 0 aliphatic heterocycles. The van der Waals surface area contributed by atoms with Crippen molar-refractivity contribution in [2.75, 3.05) is 13.6 Å². The lowest BCUT2D eigenvalue weighted by Crippen LogP contribution is -2.36. The smallest absolute Gasteiger partial charge is 0.333 e. The van der Waals surface area contributed by atoms with Gasteiger partial charge in [0.25, 0.3) is 0 Å². The van der Waals surface area contributed by atoms with E-state index in [-0.39, 0.29) is 18.9 Å². The number of aromatic nitrogens is 2. The molecule has 0 saturated heterocycles. The summed E-state index contributed by atoms with van der Waals surface area (Å²) in [6.07, 6.45) is 1.54. The van der Waals surface area contributed by atoms with E-state index in [9.17, 15) is 18.7 Å². The molecule has 1 atom stereocenters. The first kappa shape index (κ1) is 15.9. The van der Waals surface area contributed by atoms with Crippen LogP contribution in [0.15, 0.2) is 0 Å². The molecular weight excluding hydrogens is 280 g/mol. The number of carbonyl (C=O) groups is 1. The van der Waals surface area contributed by atoms with Crippen LogP contribution in [0.5, 0.6) is 0 Å². The zero-order valence-electron chi connectivity index (χ0n) is 12.5. The van der Waals surface area contributed by atoms with Gasteiger partial charge in [-0.05, 0) is 32.6 Å². The molecular formula is C14H21F2N3O2. The largest absolute Gasteiger partial charge is 0.391 e. The van der Waals surface area contributed by atoms with Gasteiger partial charge in [0.1, 0.15) is 0 Å². The molecule has 118 valence electrons. The van der Waals surface area contributed by atoms with Gasteiger partial charge in [-0.3, -0.25) is 4.79 Å². The fourth-order valence-corrected chi connectivity index (χ4v) is 2.44. The van der Waals surface area contributed by atoms with Crippen LogP contribution in [0.25, 0.3) is 0 Å². The number of amides is 1. The van der Waals surface area contributed by atoms with E-state index in [1.807, 2.05) is 0 Å². The Bertz CT molecular complexity index is 527. The second kappa shape index (κ2) is 6.09. The third-order valence-corrected chi connectivity index (χ3v) is 4.04. The van der Waals surface area contributed by atoms with E-state index >= 15 is 0 Å². The van der Waals surface area contributed by atoms with Gasteiger partial charge in [0.15, 0.2) is 0 Å². The molecule has 0 radical (unpaired) electrons. The van der Waals surface area contributed by atoms with Crippen LogP contribution in [0.4, 0.5) is 8.78 Å². The summed E-state index contributed by atoms with van der Waals surface area (Å²) in [5.41, 5.74) is 1.29. The Kier molecular flexibility index (Phi) is 4.61. The molecule has 1 aromatic heterocycles. The third-order valence-electron chi connectivity index (χ3n) is 4.04. The molecule has 1 aliphatic rings. The standard InChI is InChI=1S/C14H21F2N3O2/c1-8-11(9(2)19(17-8)14(15)16)6-13(21)18(3)7-12(20)10-4-5-10/h10,12,14,20H,4-7H2,1-3H3. The molecule has 21 heavy (non-hydrogen) atoms. The summed E-state index contributed by atoms with van der Waals surface area (Å²) in [5.74, 6) is 0.0972. The molecule has 2 rings (SSSR count). The maximum atomic E-state index is 12.8. The Balaban J connectivity index is 2.01. The second-order valence-electron chi connectivity index (χ2n) is 5.73. The van der Waals surface area contributed by atoms with Crippen molar-refractivity contribution in [2.24, 2.45) is 5.92 Å². The first-order valence-electron chi connectivity index (χ1n) is 7.06. The van der Waals surface area contributed by atoms with Gasteiger partial charge < -0.3 is 10.0 Å². The summed E-state index contributed by atoms with van der Waals surface area (Å²) >= 11 is 0. The minimum Gasteiger partial charge on any atom is -0.391 e. The predicted octanol–water partition coefficient (Wildman–Crippen LogP) is 1.67. The summed E-state index contributed by atoms with van der Waals surface area (Å²) in [4.78, 5) is 13.6. The van der Waals surface area contributed by atoms with Crippen LogP contribution >= 0.6 is 0 Å². The number of aliphatic hydroxyl groups excluding tert-OH is 1. The molecule has 1 fully saturated rings. The number of aryl methyl sites for hydroxylation is 1. The van der Waals surface area contributed by atoms with E-state index in [1.54, 1.807) is 14.0 Å². The first-order valence-corrected chi connectivity index (χ1v) is 7.06. The number of carbonyl (C=O) groups excluding carboxylic acids is 1. The van der Waals surface area contributed by atoms with Crippen LogP contribution in [-0.2, 0) is 11.2 Å². The highest BCUT2D eigenvalue weighted by Gasteiger charge is 2.31. The molecule has 1 N–H and O–H groups in total. The van der Waals surface area contributed by atoms with Crippen LogP contribution in [0, 0.1) is 19.8 Å². The van der Waals surface area contributed by atoms with Crippen molar-refractivity contribution in [1.82, 2.24) is 14.7 Å². The number of nitrogens with zero attached hydrogens (tertiary/aromatic N) is 3. The Hall–Kier alpha value is -1.50. The fraction of sp³-hybridized carbons (Fsp3) is 0.714. The first-order chi connectivity index (χ1) is 9.81. The van der Waals surface area contributed by atoms with Crippen LogP contribution in [0.1, 0.15) is 36.3 Å². The number of halogens is 2. The van der Waals surface area contributed by atoms with E-state index in [0.29, 0.717) is 27.6 Å². The van der Waals surface area contributed by atoms with Crippen molar-refractivity contribution in [3.8, 4) is 0 Å². The zero-order valence-corrected chi connectivity index (χ0v) is 12.5. The number of aliphatic hydroxyl groups is 1. The summed E-state index contributed by atoms with van der Waals surface area (Å²) in [5, 5.41) is 13.6. The lowest BCUT2D eigenvalue weighted by molar-refractivity contribution is -0.130. The minimum atomic E-state index is -2.71. The molecule has 1 amide bonds. The van der Waals surface area contributed by atoms with Crippen molar-refractivity contribution in [1.29, 1.82) is 0 Å². The summed E-state index contributed by atoms with van der Waals surface area (Å²) in [6.45, 7) is 0.730. The number of alkyl halides is 2. The van der Waals surface area contributed by atoms with Gasteiger partial charge in [0.2, 0.25) is 5.91 Å². The van der Waals surface area contributed by atoms with E-state index < -0.39 is 12.7 Å².